The Kier molecular flexibility index (Phi) is 13.9. The summed E-state index contributed by atoms with van der Waals surface area (Å²) in [5.74, 6) is -4.97. The number of H-pyrrole nitrogens is 1. The predicted octanol–water partition coefficient (Wildman–Crippen LogP) is -1.14. The Morgan fingerprint density at radius 2 is 1.65 bits per heavy atom. The van der Waals surface area contributed by atoms with Crippen LogP contribution in [0.2, 0.25) is 0 Å². The predicted molar refractivity (Wildman–Crippen MR) is 133 cm³/mol. The highest BCUT2D eigenvalue weighted by molar-refractivity contribution is 5.94. The maximum absolute atomic E-state index is 13.1. The maximum Gasteiger partial charge on any atom is 0.326 e. The van der Waals surface area contributed by atoms with E-state index in [1.54, 1.807) is 13.8 Å². The van der Waals surface area contributed by atoms with E-state index in [0.29, 0.717) is 37.9 Å². The lowest BCUT2D eigenvalue weighted by Gasteiger charge is -2.26. The van der Waals surface area contributed by atoms with Gasteiger partial charge in [0.1, 0.15) is 18.1 Å². The lowest BCUT2D eigenvalue weighted by atomic mass is 9.98. The van der Waals surface area contributed by atoms with Crippen LogP contribution in [0.25, 0.3) is 0 Å². The van der Waals surface area contributed by atoms with Gasteiger partial charge in [-0.25, -0.2) is 9.78 Å². The highest BCUT2D eigenvalue weighted by Crippen LogP contribution is 2.10. The van der Waals surface area contributed by atoms with Crippen molar-refractivity contribution in [1.82, 2.24) is 25.9 Å². The smallest absolute Gasteiger partial charge is 0.326 e. The van der Waals surface area contributed by atoms with Crippen molar-refractivity contribution in [3.63, 3.8) is 0 Å². The molecule has 0 aromatic carbocycles. The highest BCUT2D eigenvalue weighted by atomic mass is 16.4. The number of hydrogen-bond donors (Lipinski definition) is 8. The number of carbonyl (C=O) groups is 5. The third-order valence-corrected chi connectivity index (χ3v) is 5.97. The molecule has 0 saturated heterocycles. The van der Waals surface area contributed by atoms with Crippen LogP contribution in [0.4, 0.5) is 0 Å². The molecule has 1 heterocycles. The van der Waals surface area contributed by atoms with E-state index in [4.69, 9.17) is 16.6 Å². The lowest BCUT2D eigenvalue weighted by molar-refractivity contribution is -0.143. The Balaban J connectivity index is 3.06. The number of nitrogens with zero attached hydrogens (tertiary/aromatic N) is 1. The summed E-state index contributed by atoms with van der Waals surface area (Å²) in [5, 5.41) is 26.1. The minimum absolute atomic E-state index is 0.0530. The third-order valence-electron chi connectivity index (χ3n) is 5.97. The molecule has 1 rings (SSSR count). The van der Waals surface area contributed by atoms with Crippen LogP contribution >= 0.6 is 0 Å². The molecule has 0 saturated carbocycles. The van der Waals surface area contributed by atoms with E-state index in [-0.39, 0.29) is 18.8 Å². The average Bonchev–Trinajstić information content (AvgIpc) is 3.36. The second-order valence-electron chi connectivity index (χ2n) is 8.94. The van der Waals surface area contributed by atoms with E-state index in [1.165, 1.54) is 12.5 Å². The number of unbranched alkanes of at least 4 members (excludes halogenated alkanes) is 1. The Hall–Kier alpha value is -3.52. The second-order valence-corrected chi connectivity index (χ2v) is 8.94. The zero-order valence-corrected chi connectivity index (χ0v) is 21.2. The van der Waals surface area contributed by atoms with E-state index in [9.17, 15) is 29.1 Å². The molecule has 1 aromatic heterocycles. The Labute approximate surface area is 215 Å². The molecule has 10 N–H and O–H groups in total. The topological polar surface area (TPSA) is 243 Å². The summed E-state index contributed by atoms with van der Waals surface area (Å²) in [6.45, 7) is 3.90. The number of carboxylic acids is 2. The largest absolute Gasteiger partial charge is 0.481 e. The fourth-order valence-electron chi connectivity index (χ4n) is 3.49. The molecule has 0 fully saturated rings. The van der Waals surface area contributed by atoms with Gasteiger partial charge in [0.05, 0.1) is 12.4 Å². The zero-order valence-electron chi connectivity index (χ0n) is 21.2. The molecule has 3 amide bonds. The van der Waals surface area contributed by atoms with Gasteiger partial charge in [0.15, 0.2) is 0 Å². The summed E-state index contributed by atoms with van der Waals surface area (Å²) < 4.78 is 0. The molecule has 208 valence electrons. The number of hydrogen-bond acceptors (Lipinski definition) is 8. The molecule has 1 aromatic rings. The van der Waals surface area contributed by atoms with Crippen molar-refractivity contribution in [2.45, 2.75) is 83.0 Å². The van der Waals surface area contributed by atoms with E-state index >= 15 is 0 Å². The number of carboxylic acid groups (broad SMARTS) is 2. The molecule has 0 spiro atoms. The summed E-state index contributed by atoms with van der Waals surface area (Å²) in [6.07, 6.45) is 4.19. The van der Waals surface area contributed by atoms with E-state index in [0.717, 1.165) is 0 Å². The van der Waals surface area contributed by atoms with E-state index in [1.807, 2.05) is 0 Å². The number of rotatable bonds is 18. The standard InChI is InChI=1S/C23H39N7O7/c1-3-13(2)19(23(36)37)30-22(35)17(10-14-11-26-12-27-14)29-21(34)16(7-8-18(31)32)28-20(33)15(25)6-4-5-9-24/h11-13,15-17,19H,3-10,24-25H2,1-2H3,(H,26,27)(H,28,33)(H,29,34)(H,30,35)(H,31,32)(H,36,37). The molecular formula is C23H39N7O7. The molecule has 14 nitrogen and oxygen atoms in total. The number of amides is 3. The molecule has 0 aliphatic rings. The van der Waals surface area contributed by atoms with Crippen molar-refractivity contribution in [2.75, 3.05) is 6.54 Å². The summed E-state index contributed by atoms with van der Waals surface area (Å²) >= 11 is 0. The van der Waals surface area contributed by atoms with Gasteiger partial charge in [0, 0.05) is 24.7 Å². The number of imidazole rings is 1. The van der Waals surface area contributed by atoms with E-state index < -0.39 is 60.2 Å². The van der Waals surface area contributed by atoms with Crippen LogP contribution in [0.3, 0.4) is 0 Å². The summed E-state index contributed by atoms with van der Waals surface area (Å²) in [4.78, 5) is 68.3. The van der Waals surface area contributed by atoms with Gasteiger partial charge < -0.3 is 42.6 Å². The summed E-state index contributed by atoms with van der Waals surface area (Å²) in [7, 11) is 0. The van der Waals surface area contributed by atoms with Crippen LogP contribution in [0, 0.1) is 5.92 Å². The molecule has 0 bridgehead atoms. The van der Waals surface area contributed by atoms with Gasteiger partial charge >= 0.3 is 11.9 Å². The Bertz CT molecular complexity index is 894. The van der Waals surface area contributed by atoms with Crippen LogP contribution in [0.5, 0.6) is 0 Å². The molecule has 37 heavy (non-hydrogen) atoms. The van der Waals surface area contributed by atoms with Gasteiger partial charge in [0.2, 0.25) is 17.7 Å². The van der Waals surface area contributed by atoms with Crippen LogP contribution in [-0.4, -0.2) is 80.6 Å². The number of nitrogens with one attached hydrogen (secondary N) is 4. The van der Waals surface area contributed by atoms with Crippen molar-refractivity contribution in [3.8, 4) is 0 Å². The lowest BCUT2D eigenvalue weighted by Crippen LogP contribution is -2.58. The number of carbonyl (C=O) groups excluding carboxylic acids is 3. The fourth-order valence-corrected chi connectivity index (χ4v) is 3.49. The first-order valence-electron chi connectivity index (χ1n) is 12.3. The van der Waals surface area contributed by atoms with Crippen LogP contribution in [-0.2, 0) is 30.4 Å². The van der Waals surface area contributed by atoms with Crippen molar-refractivity contribution in [2.24, 2.45) is 17.4 Å². The van der Waals surface area contributed by atoms with Crippen LogP contribution < -0.4 is 27.4 Å². The van der Waals surface area contributed by atoms with Gasteiger partial charge in [-0.1, -0.05) is 26.7 Å². The maximum atomic E-state index is 13.1. The number of aliphatic carboxylic acids is 2. The van der Waals surface area contributed by atoms with Crippen molar-refractivity contribution in [3.05, 3.63) is 18.2 Å². The van der Waals surface area contributed by atoms with Gasteiger partial charge in [-0.2, -0.15) is 0 Å². The van der Waals surface area contributed by atoms with Crippen LogP contribution in [0.15, 0.2) is 12.5 Å². The van der Waals surface area contributed by atoms with Crippen molar-refractivity contribution < 1.29 is 34.2 Å². The summed E-state index contributed by atoms with van der Waals surface area (Å²) in [5.41, 5.74) is 11.8. The Morgan fingerprint density at radius 3 is 2.19 bits per heavy atom. The quantitative estimate of drug-likeness (QED) is 0.107. The van der Waals surface area contributed by atoms with Crippen molar-refractivity contribution >= 4 is 29.7 Å². The van der Waals surface area contributed by atoms with Gasteiger partial charge in [-0.15, -0.1) is 0 Å². The fraction of sp³-hybridized carbons (Fsp3) is 0.652. The minimum Gasteiger partial charge on any atom is -0.481 e. The molecule has 0 aliphatic carbocycles. The molecule has 5 unspecified atom stereocenters. The van der Waals surface area contributed by atoms with E-state index in [2.05, 4.69) is 25.9 Å². The minimum atomic E-state index is -1.29. The zero-order chi connectivity index (χ0) is 28.0. The number of nitrogens with two attached hydrogens (primary N) is 2. The molecule has 0 aliphatic heterocycles. The van der Waals surface area contributed by atoms with Crippen LogP contribution in [0.1, 0.15) is 58.1 Å². The average molecular weight is 526 g/mol. The molecule has 5 atom stereocenters. The molecule has 0 radical (unpaired) electrons. The van der Waals surface area contributed by atoms with Gasteiger partial charge in [-0.3, -0.25) is 19.2 Å². The highest BCUT2D eigenvalue weighted by Gasteiger charge is 2.32. The number of aromatic amines is 1. The Morgan fingerprint density at radius 1 is 1.00 bits per heavy atom. The van der Waals surface area contributed by atoms with Gasteiger partial charge in [0.25, 0.3) is 0 Å². The first-order chi connectivity index (χ1) is 17.5. The first-order valence-corrected chi connectivity index (χ1v) is 12.3. The van der Waals surface area contributed by atoms with Gasteiger partial charge in [-0.05, 0) is 31.7 Å². The third kappa shape index (κ3) is 11.4. The first kappa shape index (κ1) is 31.5. The SMILES string of the molecule is CCC(C)C(NC(=O)C(Cc1cnc[nH]1)NC(=O)C(CCC(=O)O)NC(=O)C(N)CCCCN)C(=O)O. The second kappa shape index (κ2) is 16.3. The van der Waals surface area contributed by atoms with Crippen molar-refractivity contribution in [1.29, 1.82) is 0 Å². The number of aromatic nitrogens is 2. The summed E-state index contributed by atoms with van der Waals surface area (Å²) in [6, 6.07) is -4.64. The molecular weight excluding hydrogens is 486 g/mol. The monoisotopic (exact) mass is 525 g/mol. The normalized spacial score (nSPS) is 15.0. The molecule has 14 heteroatoms.